The summed E-state index contributed by atoms with van der Waals surface area (Å²) in [4.78, 5) is 23.8. The number of hydrogen-bond donors (Lipinski definition) is 0. The maximum Gasteiger partial charge on any atom is 0.338 e. The van der Waals surface area contributed by atoms with Gasteiger partial charge < -0.3 is 18.9 Å². The van der Waals surface area contributed by atoms with E-state index in [1.54, 1.807) is 12.1 Å². The smallest absolute Gasteiger partial charge is 0.338 e. The Labute approximate surface area is 209 Å². The number of para-hydroxylation sites is 1. The van der Waals surface area contributed by atoms with E-state index in [4.69, 9.17) is 18.9 Å². The molecule has 2 aromatic rings. The van der Waals surface area contributed by atoms with Crippen molar-refractivity contribution in [2.75, 3.05) is 20.3 Å². The first-order valence-corrected chi connectivity index (χ1v) is 12.6. The van der Waals surface area contributed by atoms with Gasteiger partial charge in [0.15, 0.2) is 23.2 Å². The van der Waals surface area contributed by atoms with E-state index in [1.165, 1.54) is 51.7 Å². The van der Waals surface area contributed by atoms with Gasteiger partial charge in [-0.1, -0.05) is 76.5 Å². The van der Waals surface area contributed by atoms with Crippen LogP contribution in [0.15, 0.2) is 54.3 Å². The summed E-state index contributed by atoms with van der Waals surface area (Å²) >= 11 is 0. The maximum atomic E-state index is 12.4. The highest BCUT2D eigenvalue weighted by atomic mass is 16.6. The van der Waals surface area contributed by atoms with Gasteiger partial charge in [-0.2, -0.15) is 0 Å². The quantitative estimate of drug-likeness (QED) is 0.0991. The number of hydrogen-bond acceptors (Lipinski definition) is 6. The fraction of sp³-hybridized carbons (Fsp3) is 0.483. The highest BCUT2D eigenvalue weighted by molar-refractivity contribution is 5.90. The lowest BCUT2D eigenvalue weighted by Crippen LogP contribution is -2.12. The largest absolute Gasteiger partial charge is 0.493 e. The van der Waals surface area contributed by atoms with Crippen molar-refractivity contribution in [3.63, 3.8) is 0 Å². The average molecular weight is 483 g/mol. The summed E-state index contributed by atoms with van der Waals surface area (Å²) in [6.07, 6.45) is 11.3. The third-order valence-corrected chi connectivity index (χ3v) is 5.58. The van der Waals surface area contributed by atoms with Crippen LogP contribution in [0.25, 0.3) is 0 Å². The first-order chi connectivity index (χ1) is 17.2. The molecule has 0 bridgehead atoms. The normalized spacial score (nSPS) is 10.3. The molecule has 0 saturated carbocycles. The number of unbranched alkanes of at least 4 members (excludes halogenated alkanes) is 8. The molecule has 0 aliphatic carbocycles. The van der Waals surface area contributed by atoms with Crippen molar-refractivity contribution in [1.29, 1.82) is 0 Å². The number of benzene rings is 2. The van der Waals surface area contributed by atoms with Crippen LogP contribution in [0.2, 0.25) is 0 Å². The van der Waals surface area contributed by atoms with Crippen LogP contribution in [0, 0.1) is 0 Å². The Balaban J connectivity index is 1.74. The molecule has 35 heavy (non-hydrogen) atoms. The molecule has 190 valence electrons. The van der Waals surface area contributed by atoms with Crippen LogP contribution < -0.4 is 14.2 Å². The summed E-state index contributed by atoms with van der Waals surface area (Å²) in [7, 11) is 1.48. The van der Waals surface area contributed by atoms with E-state index in [9.17, 15) is 9.59 Å². The van der Waals surface area contributed by atoms with Gasteiger partial charge in [0.05, 0.1) is 12.7 Å². The Kier molecular flexibility index (Phi) is 13.8. The van der Waals surface area contributed by atoms with Crippen LogP contribution in [0.3, 0.4) is 0 Å². The van der Waals surface area contributed by atoms with Gasteiger partial charge in [0.1, 0.15) is 19.0 Å². The lowest BCUT2D eigenvalue weighted by molar-refractivity contribution is 0.0450. The van der Waals surface area contributed by atoms with Crippen LogP contribution in [0.1, 0.15) is 81.5 Å². The van der Waals surface area contributed by atoms with E-state index >= 15 is 0 Å². The van der Waals surface area contributed by atoms with Gasteiger partial charge in [-0.05, 0) is 36.8 Å². The van der Waals surface area contributed by atoms with E-state index in [1.807, 2.05) is 36.3 Å². The summed E-state index contributed by atoms with van der Waals surface area (Å²) in [5.74, 6) is 3.07. The number of ether oxygens (including phenoxy) is 4. The SMILES string of the molecule is CCCCCCCCCCCC(=C=O)Oc1ccc(C(=O)OCCOc2ccccc2)cc1OC. The van der Waals surface area contributed by atoms with Crippen molar-refractivity contribution >= 4 is 11.9 Å². The number of carbonyl (C=O) groups excluding carboxylic acids is 2. The number of methoxy groups -OCH3 is 1. The van der Waals surface area contributed by atoms with Gasteiger partial charge in [-0.25, -0.2) is 9.59 Å². The lowest BCUT2D eigenvalue weighted by Gasteiger charge is -2.12. The first-order valence-electron chi connectivity index (χ1n) is 12.6. The molecule has 0 aliphatic rings. The van der Waals surface area contributed by atoms with Gasteiger partial charge in [0.25, 0.3) is 0 Å². The Hall–Kier alpha value is -3.24. The summed E-state index contributed by atoms with van der Waals surface area (Å²) in [5, 5.41) is 0. The van der Waals surface area contributed by atoms with E-state index < -0.39 is 5.97 Å². The molecule has 0 spiro atoms. The summed E-state index contributed by atoms with van der Waals surface area (Å²) < 4.78 is 21.9. The molecular formula is C29H38O6. The molecule has 0 aliphatic heterocycles. The van der Waals surface area contributed by atoms with Gasteiger partial charge in [-0.15, -0.1) is 0 Å². The minimum Gasteiger partial charge on any atom is -0.493 e. The summed E-state index contributed by atoms with van der Waals surface area (Å²) in [6, 6.07) is 14.0. The monoisotopic (exact) mass is 482 g/mol. The summed E-state index contributed by atoms with van der Waals surface area (Å²) in [5.41, 5.74) is 0.324. The summed E-state index contributed by atoms with van der Waals surface area (Å²) in [6.45, 7) is 2.59. The molecule has 0 atom stereocenters. The molecule has 0 heterocycles. The van der Waals surface area contributed by atoms with E-state index in [2.05, 4.69) is 6.92 Å². The molecule has 0 N–H and O–H groups in total. The van der Waals surface area contributed by atoms with Crippen LogP contribution in [0.5, 0.6) is 17.2 Å². The molecule has 0 saturated heterocycles. The number of rotatable bonds is 18. The Morgan fingerprint density at radius 2 is 1.51 bits per heavy atom. The lowest BCUT2D eigenvalue weighted by atomic mass is 10.1. The second kappa shape index (κ2) is 17.2. The van der Waals surface area contributed by atoms with Crippen molar-refractivity contribution < 1.29 is 28.5 Å². The predicted molar refractivity (Wildman–Crippen MR) is 137 cm³/mol. The zero-order chi connectivity index (χ0) is 25.1. The molecule has 2 rings (SSSR count). The number of carbonyl (C=O) groups is 1. The molecule has 0 fully saturated rings. The molecule has 0 amide bonds. The Morgan fingerprint density at radius 1 is 0.829 bits per heavy atom. The average Bonchev–Trinajstić information content (AvgIpc) is 2.90. The van der Waals surface area contributed by atoms with E-state index in [0.29, 0.717) is 29.2 Å². The molecule has 2 aromatic carbocycles. The van der Waals surface area contributed by atoms with Crippen LogP contribution >= 0.6 is 0 Å². The topological polar surface area (TPSA) is 71.1 Å². The standard InChI is InChI=1S/C29H38O6/c1-3-4-5-6-7-8-9-10-12-17-26(23-30)35-27-19-18-24(22-28(27)32-2)29(31)34-21-20-33-25-15-13-11-14-16-25/h11,13-16,18-19,22H,3-10,12,17,20-21H2,1-2H3. The first kappa shape index (κ1) is 28.0. The van der Waals surface area contributed by atoms with Crippen molar-refractivity contribution in [2.45, 2.75) is 71.1 Å². The van der Waals surface area contributed by atoms with Crippen molar-refractivity contribution in [2.24, 2.45) is 0 Å². The third-order valence-electron chi connectivity index (χ3n) is 5.58. The zero-order valence-corrected chi connectivity index (χ0v) is 21.1. The predicted octanol–water partition coefficient (Wildman–Crippen LogP) is 6.95. The highest BCUT2D eigenvalue weighted by Gasteiger charge is 2.14. The van der Waals surface area contributed by atoms with Gasteiger partial charge in [0, 0.05) is 6.42 Å². The molecule has 0 unspecified atom stereocenters. The molecular weight excluding hydrogens is 444 g/mol. The molecule has 0 aromatic heterocycles. The Bertz CT molecular complexity index is 918. The van der Waals surface area contributed by atoms with E-state index in [0.717, 1.165) is 19.3 Å². The van der Waals surface area contributed by atoms with E-state index in [-0.39, 0.29) is 19.0 Å². The van der Waals surface area contributed by atoms with Crippen molar-refractivity contribution in [3.8, 4) is 17.2 Å². The van der Waals surface area contributed by atoms with Crippen molar-refractivity contribution in [1.82, 2.24) is 0 Å². The van der Waals surface area contributed by atoms with Crippen LogP contribution in [-0.2, 0) is 9.53 Å². The molecule has 6 nitrogen and oxygen atoms in total. The fourth-order valence-electron chi connectivity index (χ4n) is 3.62. The van der Waals surface area contributed by atoms with Gasteiger partial charge in [-0.3, -0.25) is 0 Å². The van der Waals surface area contributed by atoms with Gasteiger partial charge >= 0.3 is 5.97 Å². The van der Waals surface area contributed by atoms with Crippen molar-refractivity contribution in [3.05, 3.63) is 59.9 Å². The maximum absolute atomic E-state index is 12.4. The molecule has 0 radical (unpaired) electrons. The Morgan fingerprint density at radius 3 is 2.17 bits per heavy atom. The number of allylic oxidation sites excluding steroid dienone is 1. The van der Waals surface area contributed by atoms with Gasteiger partial charge in [0.2, 0.25) is 0 Å². The number of esters is 1. The minimum atomic E-state index is -0.493. The zero-order valence-electron chi connectivity index (χ0n) is 21.1. The fourth-order valence-corrected chi connectivity index (χ4v) is 3.62. The molecule has 6 heteroatoms. The van der Waals surface area contributed by atoms with Crippen LogP contribution in [0.4, 0.5) is 0 Å². The second-order valence-corrected chi connectivity index (χ2v) is 8.37. The minimum absolute atomic E-state index is 0.116. The third kappa shape index (κ3) is 11.2. The highest BCUT2D eigenvalue weighted by Crippen LogP contribution is 2.30. The second-order valence-electron chi connectivity index (χ2n) is 8.37. The van der Waals surface area contributed by atoms with Crippen LogP contribution in [-0.4, -0.2) is 32.2 Å².